The van der Waals surface area contributed by atoms with Gasteiger partial charge in [-0.05, 0) is 42.8 Å². The van der Waals surface area contributed by atoms with E-state index in [2.05, 4.69) is 15.0 Å². The summed E-state index contributed by atoms with van der Waals surface area (Å²) in [5.74, 6) is -3.94. The molecule has 1 amide bonds. The van der Waals surface area contributed by atoms with E-state index in [9.17, 15) is 32.3 Å². The Morgan fingerprint density at radius 3 is 2.63 bits per heavy atom. The molecule has 1 aromatic carbocycles. The van der Waals surface area contributed by atoms with Crippen molar-refractivity contribution in [1.29, 1.82) is 0 Å². The van der Waals surface area contributed by atoms with Crippen LogP contribution in [0.1, 0.15) is 44.2 Å². The van der Waals surface area contributed by atoms with E-state index in [1.807, 2.05) is 0 Å². The maximum absolute atomic E-state index is 14.7. The van der Waals surface area contributed by atoms with Gasteiger partial charge in [0.1, 0.15) is 22.7 Å². The third-order valence-corrected chi connectivity index (χ3v) is 5.89. The highest BCUT2D eigenvalue weighted by Crippen LogP contribution is 2.42. The highest BCUT2D eigenvalue weighted by molar-refractivity contribution is 5.98. The SMILES string of the molecule is Cc1c(C(=O)O)cc(C(=O)NC2(c3ccc(OC(F)(F)F)c(F)c3)CCOc3cccnc32)n1C. The summed E-state index contributed by atoms with van der Waals surface area (Å²) < 4.78 is 63.3. The molecular weight excluding hydrogens is 474 g/mol. The Balaban J connectivity index is 1.83. The Labute approximate surface area is 196 Å². The standard InChI is InChI=1S/C23H19F4N3O5/c1-12-14(21(32)33)11-16(30(12)2)20(31)29-22(7-9-34-18-4-3-8-28-19(18)22)13-5-6-17(15(24)10-13)35-23(25,26)27/h3-6,8,10-11H,7,9H2,1-2H3,(H,29,31)(H,32,33). The lowest BCUT2D eigenvalue weighted by molar-refractivity contribution is -0.275. The zero-order valence-electron chi connectivity index (χ0n) is 18.4. The zero-order chi connectivity index (χ0) is 25.5. The highest BCUT2D eigenvalue weighted by atomic mass is 19.4. The second-order valence-electron chi connectivity index (χ2n) is 7.89. The first-order valence-electron chi connectivity index (χ1n) is 10.3. The predicted octanol–water partition coefficient (Wildman–Crippen LogP) is 3.92. The maximum Gasteiger partial charge on any atom is 0.573 e. The van der Waals surface area contributed by atoms with Gasteiger partial charge in [0.15, 0.2) is 11.6 Å². The number of carboxylic acids is 1. The predicted molar refractivity (Wildman–Crippen MR) is 113 cm³/mol. The summed E-state index contributed by atoms with van der Waals surface area (Å²) in [7, 11) is 1.52. The van der Waals surface area contributed by atoms with Gasteiger partial charge >= 0.3 is 12.3 Å². The minimum absolute atomic E-state index is 0.0146. The Morgan fingerprint density at radius 1 is 1.26 bits per heavy atom. The van der Waals surface area contributed by atoms with Crippen LogP contribution in [0.4, 0.5) is 17.6 Å². The lowest BCUT2D eigenvalue weighted by Gasteiger charge is -2.39. The summed E-state index contributed by atoms with van der Waals surface area (Å²) in [6.07, 6.45) is -3.59. The number of pyridine rings is 1. The van der Waals surface area contributed by atoms with Crippen molar-refractivity contribution < 1.29 is 41.7 Å². The second kappa shape index (κ2) is 8.60. The Kier molecular flexibility index (Phi) is 5.91. The minimum atomic E-state index is -5.09. The normalized spacial score (nSPS) is 17.3. The number of aromatic carboxylic acids is 1. The van der Waals surface area contributed by atoms with Crippen molar-refractivity contribution >= 4 is 11.9 Å². The summed E-state index contributed by atoms with van der Waals surface area (Å²) in [5, 5.41) is 12.2. The van der Waals surface area contributed by atoms with Crippen LogP contribution in [0, 0.1) is 12.7 Å². The average Bonchev–Trinajstić information content (AvgIpc) is 3.09. The van der Waals surface area contributed by atoms with Crippen LogP contribution < -0.4 is 14.8 Å². The number of fused-ring (bicyclic) bond motifs is 1. The van der Waals surface area contributed by atoms with Gasteiger partial charge in [0.05, 0.1) is 12.2 Å². The molecule has 1 unspecified atom stereocenters. The van der Waals surface area contributed by atoms with E-state index in [0.29, 0.717) is 11.4 Å². The van der Waals surface area contributed by atoms with Gasteiger partial charge in [-0.1, -0.05) is 6.07 Å². The van der Waals surface area contributed by atoms with Gasteiger partial charge in [-0.3, -0.25) is 9.78 Å². The molecule has 4 rings (SSSR count). The van der Waals surface area contributed by atoms with E-state index >= 15 is 0 Å². The highest BCUT2D eigenvalue weighted by Gasteiger charge is 2.44. The largest absolute Gasteiger partial charge is 0.573 e. The van der Waals surface area contributed by atoms with E-state index in [4.69, 9.17) is 4.74 Å². The van der Waals surface area contributed by atoms with Crippen LogP contribution in [-0.2, 0) is 12.6 Å². The lowest BCUT2D eigenvalue weighted by Crippen LogP contribution is -2.50. The number of nitrogens with one attached hydrogen (secondary N) is 1. The van der Waals surface area contributed by atoms with Crippen molar-refractivity contribution in [1.82, 2.24) is 14.9 Å². The molecule has 0 aliphatic carbocycles. The molecule has 2 aromatic heterocycles. The third kappa shape index (κ3) is 4.38. The average molecular weight is 493 g/mol. The van der Waals surface area contributed by atoms with E-state index < -0.39 is 35.3 Å². The van der Waals surface area contributed by atoms with Crippen LogP contribution in [-0.4, -0.2) is 39.5 Å². The van der Waals surface area contributed by atoms with Crippen LogP contribution in [0.25, 0.3) is 0 Å². The number of hydrogen-bond acceptors (Lipinski definition) is 5. The summed E-state index contributed by atoms with van der Waals surface area (Å²) >= 11 is 0. The fourth-order valence-corrected chi connectivity index (χ4v) is 4.10. The van der Waals surface area contributed by atoms with Crippen molar-refractivity contribution in [3.8, 4) is 11.5 Å². The topological polar surface area (TPSA) is 103 Å². The van der Waals surface area contributed by atoms with Gasteiger partial charge in [0, 0.05) is 25.4 Å². The fraction of sp³-hybridized carbons (Fsp3) is 0.261. The molecule has 3 heterocycles. The van der Waals surface area contributed by atoms with Gasteiger partial charge in [0.25, 0.3) is 5.91 Å². The first-order valence-corrected chi connectivity index (χ1v) is 10.3. The van der Waals surface area contributed by atoms with E-state index in [1.165, 1.54) is 36.9 Å². The van der Waals surface area contributed by atoms with Crippen LogP contribution in [0.3, 0.4) is 0 Å². The molecule has 2 N–H and O–H groups in total. The van der Waals surface area contributed by atoms with Gasteiger partial charge in [0.2, 0.25) is 0 Å². The van der Waals surface area contributed by atoms with Crippen molar-refractivity contribution in [2.75, 3.05) is 6.61 Å². The number of carbonyl (C=O) groups excluding carboxylic acids is 1. The number of benzene rings is 1. The molecule has 184 valence electrons. The van der Waals surface area contributed by atoms with Crippen LogP contribution in [0.2, 0.25) is 0 Å². The molecule has 0 radical (unpaired) electrons. The van der Waals surface area contributed by atoms with Gasteiger partial charge in [-0.25, -0.2) is 9.18 Å². The van der Waals surface area contributed by atoms with E-state index in [-0.39, 0.29) is 35.5 Å². The molecule has 12 heteroatoms. The summed E-state index contributed by atoms with van der Waals surface area (Å²) in [4.78, 5) is 29.2. The number of aromatic nitrogens is 2. The molecule has 35 heavy (non-hydrogen) atoms. The first kappa shape index (κ1) is 24.0. The first-order chi connectivity index (χ1) is 16.4. The third-order valence-electron chi connectivity index (χ3n) is 5.89. The fourth-order valence-electron chi connectivity index (χ4n) is 4.10. The number of halogens is 4. The summed E-state index contributed by atoms with van der Waals surface area (Å²) in [6, 6.07) is 7.25. The number of amides is 1. The molecule has 1 atom stereocenters. The second-order valence-corrected chi connectivity index (χ2v) is 7.89. The molecular formula is C23H19F4N3O5. The van der Waals surface area contributed by atoms with Crippen LogP contribution in [0.5, 0.6) is 11.5 Å². The zero-order valence-corrected chi connectivity index (χ0v) is 18.4. The number of nitrogens with zero attached hydrogens (tertiary/aromatic N) is 2. The molecule has 3 aromatic rings. The molecule has 0 spiro atoms. The van der Waals surface area contributed by atoms with Gasteiger partial charge < -0.3 is 24.5 Å². The molecule has 0 bridgehead atoms. The summed E-state index contributed by atoms with van der Waals surface area (Å²) in [6.45, 7) is 1.62. The molecule has 8 nitrogen and oxygen atoms in total. The van der Waals surface area contributed by atoms with Crippen molar-refractivity contribution in [2.24, 2.45) is 7.05 Å². The smallest absolute Gasteiger partial charge is 0.491 e. The Morgan fingerprint density at radius 2 is 2.00 bits per heavy atom. The lowest BCUT2D eigenvalue weighted by atomic mass is 9.81. The number of ether oxygens (including phenoxy) is 2. The Bertz CT molecular complexity index is 1320. The monoisotopic (exact) mass is 493 g/mol. The molecule has 1 aliphatic rings. The number of rotatable bonds is 5. The molecule has 0 fully saturated rings. The van der Waals surface area contributed by atoms with E-state index in [1.54, 1.807) is 12.1 Å². The molecule has 0 saturated heterocycles. The van der Waals surface area contributed by atoms with E-state index in [0.717, 1.165) is 12.1 Å². The maximum atomic E-state index is 14.7. The van der Waals surface area contributed by atoms with Gasteiger partial charge in [-0.2, -0.15) is 0 Å². The van der Waals surface area contributed by atoms with Crippen molar-refractivity contribution in [3.63, 3.8) is 0 Å². The van der Waals surface area contributed by atoms with Crippen LogP contribution in [0.15, 0.2) is 42.6 Å². The minimum Gasteiger partial charge on any atom is -0.491 e. The van der Waals surface area contributed by atoms with Gasteiger partial charge in [-0.15, -0.1) is 13.2 Å². The number of alkyl halides is 3. The quantitative estimate of drug-likeness (QED) is 0.523. The Hall–Kier alpha value is -4.09. The van der Waals surface area contributed by atoms with Crippen molar-refractivity contribution in [2.45, 2.75) is 25.2 Å². The number of hydrogen-bond donors (Lipinski definition) is 2. The van der Waals surface area contributed by atoms with Crippen LogP contribution >= 0.6 is 0 Å². The number of carbonyl (C=O) groups is 2. The molecule has 1 aliphatic heterocycles. The molecule has 0 saturated carbocycles. The summed E-state index contributed by atoms with van der Waals surface area (Å²) in [5.41, 5.74) is -0.900. The van der Waals surface area contributed by atoms with Crippen molar-refractivity contribution in [3.05, 3.63) is 76.6 Å². The number of carboxylic acid groups (broad SMARTS) is 1.